The lowest BCUT2D eigenvalue weighted by Gasteiger charge is -2.10. The summed E-state index contributed by atoms with van der Waals surface area (Å²) in [6.45, 7) is -1.29. The summed E-state index contributed by atoms with van der Waals surface area (Å²) >= 11 is 0. The zero-order valence-electron chi connectivity index (χ0n) is 15.3. The minimum atomic E-state index is -4.77. The maximum atomic E-state index is 12.1. The molecule has 5 nitrogen and oxygen atoms in total. The number of alkyl halides is 6. The predicted molar refractivity (Wildman–Crippen MR) is 110 cm³/mol. The van der Waals surface area contributed by atoms with E-state index in [0.717, 1.165) is 17.7 Å². The third kappa shape index (κ3) is 10.5. The minimum Gasteiger partial charge on any atom is -0.406 e. The van der Waals surface area contributed by atoms with Crippen LogP contribution < -0.4 is 15.8 Å². The summed E-state index contributed by atoms with van der Waals surface area (Å²) in [7, 11) is 0. The van der Waals surface area contributed by atoms with Crippen molar-refractivity contribution in [2.24, 2.45) is 10.7 Å². The zero-order chi connectivity index (χ0) is 21.5. The molecule has 0 aromatic heterocycles. The van der Waals surface area contributed by atoms with Crippen LogP contribution in [0, 0.1) is 0 Å². The maximum Gasteiger partial charge on any atom is 0.573 e. The molecule has 0 aliphatic heterocycles. The summed E-state index contributed by atoms with van der Waals surface area (Å²) in [4.78, 5) is 4.09. The number of rotatable bonds is 7. The highest BCUT2D eigenvalue weighted by atomic mass is 127. The van der Waals surface area contributed by atoms with Crippen LogP contribution in [0.3, 0.4) is 0 Å². The first-order valence-electron chi connectivity index (χ1n) is 8.15. The van der Waals surface area contributed by atoms with E-state index in [1.54, 1.807) is 24.3 Å². The molecule has 0 radical (unpaired) electrons. The zero-order valence-corrected chi connectivity index (χ0v) is 17.6. The molecule has 0 aliphatic rings. The summed E-state index contributed by atoms with van der Waals surface area (Å²) in [5, 5.41) is 2.72. The average Bonchev–Trinajstić information content (AvgIpc) is 2.60. The van der Waals surface area contributed by atoms with E-state index in [1.165, 1.54) is 12.1 Å². The third-order valence-electron chi connectivity index (χ3n) is 3.35. The lowest BCUT2D eigenvalue weighted by Crippen LogP contribution is -2.22. The number of ether oxygens (including phenoxy) is 2. The second kappa shape index (κ2) is 11.2. The smallest absolute Gasteiger partial charge is 0.406 e. The van der Waals surface area contributed by atoms with E-state index in [-0.39, 0.29) is 48.8 Å². The largest absolute Gasteiger partial charge is 0.573 e. The second-order valence-electron chi connectivity index (χ2n) is 5.82. The lowest BCUT2D eigenvalue weighted by atomic mass is 10.1. The number of hydrogen-bond donors (Lipinski definition) is 2. The van der Waals surface area contributed by atoms with Crippen molar-refractivity contribution in [2.45, 2.75) is 25.7 Å². The Morgan fingerprint density at radius 2 is 1.47 bits per heavy atom. The maximum absolute atomic E-state index is 12.1. The van der Waals surface area contributed by atoms with Crippen LogP contribution in [-0.2, 0) is 17.9 Å². The van der Waals surface area contributed by atoms with Gasteiger partial charge in [-0.15, -0.1) is 37.1 Å². The van der Waals surface area contributed by atoms with Crippen molar-refractivity contribution in [2.75, 3.05) is 11.9 Å². The van der Waals surface area contributed by atoms with Crippen molar-refractivity contribution in [1.29, 1.82) is 0 Å². The number of halogens is 7. The summed E-state index contributed by atoms with van der Waals surface area (Å²) in [5.74, 6) is -0.329. The summed E-state index contributed by atoms with van der Waals surface area (Å²) in [5.41, 5.74) is 7.48. The molecule has 3 N–H and O–H groups in total. The molecule has 2 rings (SSSR count). The lowest BCUT2D eigenvalue weighted by molar-refractivity contribution is -0.274. The molecule has 166 valence electrons. The van der Waals surface area contributed by atoms with Gasteiger partial charge in [0.2, 0.25) is 0 Å². The molecule has 0 aliphatic carbocycles. The van der Waals surface area contributed by atoms with Crippen LogP contribution in [0.4, 0.5) is 32.0 Å². The van der Waals surface area contributed by atoms with Crippen LogP contribution in [0.2, 0.25) is 0 Å². The average molecular weight is 549 g/mol. The van der Waals surface area contributed by atoms with Gasteiger partial charge in [-0.2, -0.15) is 13.2 Å². The fourth-order valence-electron chi connectivity index (χ4n) is 2.13. The van der Waals surface area contributed by atoms with Crippen molar-refractivity contribution in [3.63, 3.8) is 0 Å². The molecule has 0 bridgehead atoms. The van der Waals surface area contributed by atoms with Gasteiger partial charge in [0.15, 0.2) is 5.96 Å². The standard InChI is InChI=1S/C18H17F6N3O2.HI/c19-17(20,21)11-28-10-13-3-1-12(2-4-13)9-26-16(25)27-14-5-7-15(8-6-14)29-18(22,23)24;/h1-8H,9-11H2,(H3,25,26,27);1H. The molecule has 0 atom stereocenters. The minimum absolute atomic E-state index is 0. The summed E-state index contributed by atoms with van der Waals surface area (Å²) in [6.07, 6.45) is -9.14. The van der Waals surface area contributed by atoms with Gasteiger partial charge < -0.3 is 20.5 Å². The first-order valence-corrected chi connectivity index (χ1v) is 8.15. The molecule has 2 aromatic carbocycles. The van der Waals surface area contributed by atoms with E-state index >= 15 is 0 Å². The van der Waals surface area contributed by atoms with Crippen molar-refractivity contribution in [1.82, 2.24) is 0 Å². The molecule has 2 aromatic rings. The van der Waals surface area contributed by atoms with E-state index in [9.17, 15) is 26.3 Å². The molecule has 0 heterocycles. The van der Waals surface area contributed by atoms with E-state index in [2.05, 4.69) is 19.8 Å². The first kappa shape index (κ1) is 25.8. The number of guanidine groups is 1. The second-order valence-corrected chi connectivity index (χ2v) is 5.82. The molecule has 0 unspecified atom stereocenters. The summed E-state index contributed by atoms with van der Waals surface area (Å²) in [6, 6.07) is 11.5. The Morgan fingerprint density at radius 1 is 0.900 bits per heavy atom. The number of nitrogens with one attached hydrogen (secondary N) is 1. The number of benzene rings is 2. The Bertz CT molecular complexity index is 809. The summed E-state index contributed by atoms with van der Waals surface area (Å²) < 4.78 is 80.8. The van der Waals surface area contributed by atoms with Crippen LogP contribution in [0.15, 0.2) is 53.5 Å². The number of nitrogens with two attached hydrogens (primary N) is 1. The molecular weight excluding hydrogens is 531 g/mol. The molecule has 0 fully saturated rings. The monoisotopic (exact) mass is 549 g/mol. The fourth-order valence-corrected chi connectivity index (χ4v) is 2.13. The topological polar surface area (TPSA) is 68.9 Å². The van der Waals surface area contributed by atoms with Gasteiger partial charge in [-0.05, 0) is 35.4 Å². The van der Waals surface area contributed by atoms with Gasteiger partial charge in [-0.25, -0.2) is 4.99 Å². The molecule has 0 amide bonds. The fraction of sp³-hybridized carbons (Fsp3) is 0.278. The van der Waals surface area contributed by atoms with Crippen molar-refractivity contribution < 1.29 is 35.8 Å². The van der Waals surface area contributed by atoms with Crippen molar-refractivity contribution >= 4 is 35.6 Å². The normalized spacial score (nSPS) is 12.3. The third-order valence-corrected chi connectivity index (χ3v) is 3.35. The van der Waals surface area contributed by atoms with Crippen molar-refractivity contribution in [3.05, 3.63) is 59.7 Å². The number of anilines is 1. The van der Waals surface area contributed by atoms with E-state index in [4.69, 9.17) is 5.73 Å². The van der Waals surface area contributed by atoms with Crippen molar-refractivity contribution in [3.8, 4) is 5.75 Å². The highest BCUT2D eigenvalue weighted by Gasteiger charge is 2.31. The van der Waals surface area contributed by atoms with Gasteiger partial charge in [0.1, 0.15) is 12.4 Å². The van der Waals surface area contributed by atoms with Gasteiger partial charge in [0.05, 0.1) is 13.2 Å². The Morgan fingerprint density at radius 3 is 2.00 bits per heavy atom. The van der Waals surface area contributed by atoms with Gasteiger partial charge in [-0.1, -0.05) is 24.3 Å². The van der Waals surface area contributed by atoms with Gasteiger partial charge in [0.25, 0.3) is 0 Å². The van der Waals surface area contributed by atoms with Gasteiger partial charge in [0, 0.05) is 5.69 Å². The van der Waals surface area contributed by atoms with Crippen LogP contribution in [-0.4, -0.2) is 25.1 Å². The molecule has 0 spiro atoms. The van der Waals surface area contributed by atoms with Crippen LogP contribution >= 0.6 is 24.0 Å². The van der Waals surface area contributed by atoms with E-state index < -0.39 is 19.1 Å². The number of hydrogen-bond acceptors (Lipinski definition) is 3. The van der Waals surface area contributed by atoms with Crippen LogP contribution in [0.1, 0.15) is 11.1 Å². The first-order chi connectivity index (χ1) is 13.5. The van der Waals surface area contributed by atoms with Gasteiger partial charge in [-0.3, -0.25) is 0 Å². The number of aliphatic imine (C=N–C) groups is 1. The van der Waals surface area contributed by atoms with Gasteiger partial charge >= 0.3 is 12.5 Å². The van der Waals surface area contributed by atoms with Crippen LogP contribution in [0.5, 0.6) is 5.75 Å². The number of nitrogens with zero attached hydrogens (tertiary/aromatic N) is 1. The quantitative estimate of drug-likeness (QED) is 0.216. The molecule has 0 saturated carbocycles. The molecular formula is C18H18F6IN3O2. The molecule has 0 saturated heterocycles. The predicted octanol–water partition coefficient (Wildman–Crippen LogP) is 5.21. The van der Waals surface area contributed by atoms with E-state index in [0.29, 0.717) is 11.3 Å². The highest BCUT2D eigenvalue weighted by Crippen LogP contribution is 2.24. The Kier molecular flexibility index (Phi) is 9.68. The SMILES string of the molecule is I.NC(=NCc1ccc(COCC(F)(F)F)cc1)Nc1ccc(OC(F)(F)F)cc1. The highest BCUT2D eigenvalue weighted by molar-refractivity contribution is 14.0. The Hall–Kier alpha value is -2.22. The Balaban J connectivity index is 0.00000450. The Labute approximate surface area is 185 Å². The van der Waals surface area contributed by atoms with Crippen LogP contribution in [0.25, 0.3) is 0 Å². The van der Waals surface area contributed by atoms with E-state index in [1.807, 2.05) is 0 Å². The molecule has 12 heteroatoms. The molecule has 30 heavy (non-hydrogen) atoms.